The van der Waals surface area contributed by atoms with Gasteiger partial charge in [-0.15, -0.1) is 0 Å². The Balaban J connectivity index is 1.94. The number of halogens is 1. The Morgan fingerprint density at radius 3 is 3.00 bits per heavy atom. The average molecular weight is 292 g/mol. The normalized spacial score (nSPS) is 13.5. The van der Waals surface area contributed by atoms with E-state index in [0.29, 0.717) is 36.0 Å². The van der Waals surface area contributed by atoms with E-state index >= 15 is 0 Å². The van der Waals surface area contributed by atoms with Crippen molar-refractivity contribution in [1.29, 1.82) is 0 Å². The zero-order valence-electron chi connectivity index (χ0n) is 11.4. The standard InChI is InChI=1S/C16H17FO2S/c1-12(18)20-9-3-2-4-14-10-15(17)7-8-16(14)19-11-13-5-6-13/h7-8,10,13H,3,5-6,9,11H2,1H3. The lowest BCUT2D eigenvalue weighted by molar-refractivity contribution is -0.109. The fraction of sp³-hybridized carbons (Fsp3) is 0.438. The van der Waals surface area contributed by atoms with Crippen LogP contribution in [0.3, 0.4) is 0 Å². The summed E-state index contributed by atoms with van der Waals surface area (Å²) in [6.45, 7) is 2.22. The van der Waals surface area contributed by atoms with Crippen LogP contribution in [0.25, 0.3) is 0 Å². The summed E-state index contributed by atoms with van der Waals surface area (Å²) in [4.78, 5) is 10.8. The minimum Gasteiger partial charge on any atom is -0.492 e. The summed E-state index contributed by atoms with van der Waals surface area (Å²) < 4.78 is 19.0. The summed E-state index contributed by atoms with van der Waals surface area (Å²) in [5.74, 6) is 7.53. The highest BCUT2D eigenvalue weighted by atomic mass is 32.2. The zero-order valence-corrected chi connectivity index (χ0v) is 12.3. The number of hydrogen-bond donors (Lipinski definition) is 0. The van der Waals surface area contributed by atoms with Gasteiger partial charge in [-0.1, -0.05) is 23.6 Å². The molecule has 0 atom stereocenters. The molecule has 106 valence electrons. The number of hydrogen-bond acceptors (Lipinski definition) is 3. The Bertz CT molecular complexity index is 541. The van der Waals surface area contributed by atoms with E-state index in [0.717, 1.165) is 0 Å². The Kier molecular flexibility index (Phi) is 5.49. The molecule has 0 aromatic heterocycles. The van der Waals surface area contributed by atoms with Crippen molar-refractivity contribution >= 4 is 16.9 Å². The lowest BCUT2D eigenvalue weighted by Crippen LogP contribution is -2.00. The van der Waals surface area contributed by atoms with Gasteiger partial charge in [-0.2, -0.15) is 0 Å². The smallest absolute Gasteiger partial charge is 0.185 e. The van der Waals surface area contributed by atoms with Gasteiger partial charge in [-0.25, -0.2) is 4.39 Å². The molecule has 0 unspecified atom stereocenters. The fourth-order valence-electron chi connectivity index (χ4n) is 1.62. The number of carbonyl (C=O) groups is 1. The first-order valence-corrected chi connectivity index (χ1v) is 7.68. The quantitative estimate of drug-likeness (QED) is 0.612. The highest BCUT2D eigenvalue weighted by molar-refractivity contribution is 8.13. The molecule has 0 bridgehead atoms. The van der Waals surface area contributed by atoms with E-state index in [4.69, 9.17) is 4.74 Å². The first kappa shape index (κ1) is 14.9. The highest BCUT2D eigenvalue weighted by Crippen LogP contribution is 2.30. The maximum Gasteiger partial charge on any atom is 0.185 e. The number of carbonyl (C=O) groups excluding carboxylic acids is 1. The van der Waals surface area contributed by atoms with E-state index in [-0.39, 0.29) is 10.9 Å². The van der Waals surface area contributed by atoms with Gasteiger partial charge in [-0.05, 0) is 37.0 Å². The average Bonchev–Trinajstić information content (AvgIpc) is 3.21. The molecule has 1 aromatic rings. The second kappa shape index (κ2) is 7.35. The van der Waals surface area contributed by atoms with Crippen molar-refractivity contribution in [2.75, 3.05) is 12.4 Å². The molecule has 1 saturated carbocycles. The van der Waals surface area contributed by atoms with E-state index in [1.165, 1.54) is 43.7 Å². The number of benzene rings is 1. The van der Waals surface area contributed by atoms with Crippen LogP contribution in [-0.2, 0) is 4.79 Å². The van der Waals surface area contributed by atoms with Crippen LogP contribution in [0.4, 0.5) is 4.39 Å². The van der Waals surface area contributed by atoms with Crippen molar-refractivity contribution in [3.05, 3.63) is 29.6 Å². The molecular formula is C16H17FO2S. The van der Waals surface area contributed by atoms with E-state index in [1.807, 2.05) is 0 Å². The molecule has 1 aliphatic carbocycles. The van der Waals surface area contributed by atoms with Crippen molar-refractivity contribution in [3.8, 4) is 17.6 Å². The van der Waals surface area contributed by atoms with E-state index < -0.39 is 0 Å². The molecule has 20 heavy (non-hydrogen) atoms. The first-order chi connectivity index (χ1) is 9.65. The second-order valence-electron chi connectivity index (χ2n) is 4.79. The van der Waals surface area contributed by atoms with Gasteiger partial charge < -0.3 is 4.74 Å². The maximum atomic E-state index is 13.3. The predicted molar refractivity (Wildman–Crippen MR) is 79.3 cm³/mol. The van der Waals surface area contributed by atoms with Crippen LogP contribution in [0, 0.1) is 23.6 Å². The molecule has 2 nitrogen and oxygen atoms in total. The number of thioether (sulfide) groups is 1. The topological polar surface area (TPSA) is 26.3 Å². The van der Waals surface area contributed by atoms with E-state index in [2.05, 4.69) is 11.8 Å². The third-order valence-corrected chi connectivity index (χ3v) is 3.68. The van der Waals surface area contributed by atoms with Crippen molar-refractivity contribution in [1.82, 2.24) is 0 Å². The summed E-state index contributed by atoms with van der Waals surface area (Å²) in [5.41, 5.74) is 0.582. The molecular weight excluding hydrogens is 275 g/mol. The van der Waals surface area contributed by atoms with Crippen LogP contribution in [0.2, 0.25) is 0 Å². The third kappa shape index (κ3) is 5.26. The maximum absolute atomic E-state index is 13.3. The van der Waals surface area contributed by atoms with Crippen LogP contribution in [0.1, 0.15) is 31.7 Å². The summed E-state index contributed by atoms with van der Waals surface area (Å²) in [5, 5.41) is 0.0889. The van der Waals surface area contributed by atoms with Gasteiger partial charge in [0.05, 0.1) is 12.2 Å². The third-order valence-electron chi connectivity index (χ3n) is 2.87. The minimum atomic E-state index is -0.314. The van der Waals surface area contributed by atoms with E-state index in [9.17, 15) is 9.18 Å². The Morgan fingerprint density at radius 2 is 2.30 bits per heavy atom. The van der Waals surface area contributed by atoms with Crippen LogP contribution in [0.15, 0.2) is 18.2 Å². The molecule has 1 aromatic carbocycles. The van der Waals surface area contributed by atoms with Crippen molar-refractivity contribution in [2.24, 2.45) is 5.92 Å². The lowest BCUT2D eigenvalue weighted by atomic mass is 10.2. The molecule has 0 saturated heterocycles. The molecule has 0 aliphatic heterocycles. The summed E-state index contributed by atoms with van der Waals surface area (Å²) in [6, 6.07) is 4.42. The van der Waals surface area contributed by atoms with Gasteiger partial charge in [0.25, 0.3) is 0 Å². The van der Waals surface area contributed by atoms with Gasteiger partial charge in [0.2, 0.25) is 0 Å². The Hall–Kier alpha value is -1.47. The van der Waals surface area contributed by atoms with Crippen molar-refractivity contribution in [3.63, 3.8) is 0 Å². The molecule has 4 heteroatoms. The molecule has 2 rings (SSSR count). The SMILES string of the molecule is CC(=O)SCCC#Cc1cc(F)ccc1OCC1CC1. The largest absolute Gasteiger partial charge is 0.492 e. The molecule has 0 spiro atoms. The summed E-state index contributed by atoms with van der Waals surface area (Å²) in [6.07, 6.45) is 3.03. The molecule has 0 radical (unpaired) electrons. The first-order valence-electron chi connectivity index (χ1n) is 6.70. The molecule has 0 amide bonds. The summed E-state index contributed by atoms with van der Waals surface area (Å²) in [7, 11) is 0. The Labute approximate surface area is 123 Å². The lowest BCUT2D eigenvalue weighted by Gasteiger charge is -2.07. The van der Waals surface area contributed by atoms with Gasteiger partial charge in [0.1, 0.15) is 11.6 Å². The van der Waals surface area contributed by atoms with Crippen molar-refractivity contribution in [2.45, 2.75) is 26.2 Å². The molecule has 0 heterocycles. The van der Waals surface area contributed by atoms with Crippen LogP contribution >= 0.6 is 11.8 Å². The van der Waals surface area contributed by atoms with Gasteiger partial charge in [0.15, 0.2) is 5.12 Å². The van der Waals surface area contributed by atoms with Crippen molar-refractivity contribution < 1.29 is 13.9 Å². The van der Waals surface area contributed by atoms with E-state index in [1.54, 1.807) is 6.07 Å². The van der Waals surface area contributed by atoms with Crippen LogP contribution in [-0.4, -0.2) is 17.5 Å². The second-order valence-corrected chi connectivity index (χ2v) is 6.06. The molecule has 0 N–H and O–H groups in total. The monoisotopic (exact) mass is 292 g/mol. The van der Waals surface area contributed by atoms with Crippen LogP contribution < -0.4 is 4.74 Å². The van der Waals surface area contributed by atoms with Gasteiger partial charge in [0, 0.05) is 19.1 Å². The fourth-order valence-corrected chi connectivity index (χ4v) is 2.11. The minimum absolute atomic E-state index is 0.0889. The summed E-state index contributed by atoms with van der Waals surface area (Å²) >= 11 is 1.25. The van der Waals surface area contributed by atoms with Crippen LogP contribution in [0.5, 0.6) is 5.75 Å². The van der Waals surface area contributed by atoms with Gasteiger partial charge in [-0.3, -0.25) is 4.79 Å². The predicted octanol–water partition coefficient (Wildman–Crippen LogP) is 3.64. The highest BCUT2D eigenvalue weighted by Gasteiger charge is 2.22. The zero-order chi connectivity index (χ0) is 14.4. The molecule has 1 fully saturated rings. The number of ether oxygens (including phenoxy) is 1. The molecule has 1 aliphatic rings. The van der Waals surface area contributed by atoms with Gasteiger partial charge >= 0.3 is 0 Å². The number of rotatable bonds is 5. The Morgan fingerprint density at radius 1 is 1.50 bits per heavy atom.